The number of para-hydroxylation sites is 3. The fourth-order valence-corrected chi connectivity index (χ4v) is 6.21. The van der Waals surface area contributed by atoms with Crippen molar-refractivity contribution in [1.29, 1.82) is 0 Å². The van der Waals surface area contributed by atoms with Gasteiger partial charge in [-0.05, 0) is 36.4 Å². The van der Waals surface area contributed by atoms with Gasteiger partial charge in [-0.2, -0.15) is 0 Å². The average Bonchev–Trinajstić information content (AvgIpc) is 3.26. The Kier molecular flexibility index (Phi) is 4.58. The molecular formula is C24H20N4OS2. The zero-order valence-corrected chi connectivity index (χ0v) is 18.4. The quantitative estimate of drug-likeness (QED) is 0.370. The molecule has 0 saturated carbocycles. The maximum absolute atomic E-state index is 13.7. The standard InChI is InChI=1S/C24H20N4OS2/c29-24(28-18-8-2-5-11-21(18)30-22-12-6-3-9-19(22)28)27-15-13-26(14-16-27)23-25-17-7-1-4-10-20(17)31-23/h1-12H,13-16H2. The van der Waals surface area contributed by atoms with Crippen LogP contribution in [0.2, 0.25) is 0 Å². The number of anilines is 3. The average molecular weight is 445 g/mol. The van der Waals surface area contributed by atoms with Crippen LogP contribution in [-0.4, -0.2) is 42.1 Å². The molecule has 0 bridgehead atoms. The van der Waals surface area contributed by atoms with Crippen LogP contribution in [0, 0.1) is 0 Å². The van der Waals surface area contributed by atoms with Crippen LogP contribution in [-0.2, 0) is 0 Å². The van der Waals surface area contributed by atoms with E-state index in [9.17, 15) is 4.79 Å². The molecule has 1 fully saturated rings. The van der Waals surface area contributed by atoms with Gasteiger partial charge in [0.2, 0.25) is 0 Å². The molecule has 0 atom stereocenters. The number of piperazine rings is 1. The van der Waals surface area contributed by atoms with Crippen LogP contribution in [0.4, 0.5) is 21.3 Å². The first-order valence-corrected chi connectivity index (χ1v) is 12.0. The molecule has 0 aliphatic carbocycles. The Morgan fingerprint density at radius 3 is 2.06 bits per heavy atom. The monoisotopic (exact) mass is 444 g/mol. The molecule has 0 N–H and O–H groups in total. The summed E-state index contributed by atoms with van der Waals surface area (Å²) in [6, 6.07) is 24.6. The molecule has 1 saturated heterocycles. The zero-order chi connectivity index (χ0) is 20.8. The normalized spacial score (nSPS) is 15.7. The summed E-state index contributed by atoms with van der Waals surface area (Å²) < 4.78 is 1.20. The van der Waals surface area contributed by atoms with E-state index in [1.165, 1.54) is 4.70 Å². The maximum atomic E-state index is 13.7. The van der Waals surface area contributed by atoms with Crippen molar-refractivity contribution in [3.8, 4) is 0 Å². The lowest BCUT2D eigenvalue weighted by atomic mass is 10.2. The van der Waals surface area contributed by atoms with E-state index in [0.29, 0.717) is 13.1 Å². The van der Waals surface area contributed by atoms with Crippen molar-refractivity contribution in [3.05, 3.63) is 72.8 Å². The summed E-state index contributed by atoms with van der Waals surface area (Å²) in [5.41, 5.74) is 2.97. The SMILES string of the molecule is O=C(N1CCN(c2nc3ccccc3s2)CC1)N1c2ccccc2Sc2ccccc21. The summed E-state index contributed by atoms with van der Waals surface area (Å²) in [6.07, 6.45) is 0. The number of carbonyl (C=O) groups is 1. The summed E-state index contributed by atoms with van der Waals surface area (Å²) in [5.74, 6) is 0. The summed E-state index contributed by atoms with van der Waals surface area (Å²) in [4.78, 5) is 26.8. The third-order valence-electron chi connectivity index (χ3n) is 5.73. The molecule has 0 radical (unpaired) electrons. The van der Waals surface area contributed by atoms with Gasteiger partial charge in [-0.1, -0.05) is 59.5 Å². The number of amides is 2. The van der Waals surface area contributed by atoms with Gasteiger partial charge >= 0.3 is 6.03 Å². The molecule has 2 amide bonds. The highest BCUT2D eigenvalue weighted by molar-refractivity contribution is 7.99. The topological polar surface area (TPSA) is 39.7 Å². The van der Waals surface area contributed by atoms with Gasteiger partial charge in [0.15, 0.2) is 5.13 Å². The van der Waals surface area contributed by atoms with Gasteiger partial charge in [0.25, 0.3) is 0 Å². The van der Waals surface area contributed by atoms with E-state index in [1.807, 2.05) is 58.3 Å². The highest BCUT2D eigenvalue weighted by Gasteiger charge is 2.32. The van der Waals surface area contributed by atoms with E-state index in [0.717, 1.165) is 44.9 Å². The molecule has 0 spiro atoms. The zero-order valence-electron chi connectivity index (χ0n) is 16.8. The van der Waals surface area contributed by atoms with Crippen LogP contribution >= 0.6 is 23.1 Å². The predicted molar refractivity (Wildman–Crippen MR) is 128 cm³/mol. The van der Waals surface area contributed by atoms with Gasteiger partial charge in [-0.15, -0.1) is 0 Å². The molecule has 6 rings (SSSR count). The third kappa shape index (κ3) is 3.25. The number of thiazole rings is 1. The highest BCUT2D eigenvalue weighted by atomic mass is 32.2. The number of carbonyl (C=O) groups excluding carboxylic acids is 1. The lowest BCUT2D eigenvalue weighted by Crippen LogP contribution is -2.52. The molecule has 1 aromatic heterocycles. The smallest absolute Gasteiger partial charge is 0.329 e. The van der Waals surface area contributed by atoms with Gasteiger partial charge < -0.3 is 9.80 Å². The molecule has 3 aromatic carbocycles. The molecule has 5 nitrogen and oxygen atoms in total. The number of fused-ring (bicyclic) bond motifs is 3. The van der Waals surface area contributed by atoms with E-state index in [4.69, 9.17) is 4.98 Å². The second-order valence-corrected chi connectivity index (χ2v) is 9.69. The number of benzene rings is 3. The Balaban J connectivity index is 1.25. The molecule has 2 aliphatic rings. The molecule has 2 aliphatic heterocycles. The lowest BCUT2D eigenvalue weighted by Gasteiger charge is -2.39. The van der Waals surface area contributed by atoms with Crippen molar-refractivity contribution in [1.82, 2.24) is 9.88 Å². The predicted octanol–water partition coefficient (Wildman–Crippen LogP) is 5.84. The first-order chi connectivity index (χ1) is 15.3. The second kappa shape index (κ2) is 7.59. The van der Waals surface area contributed by atoms with Crippen LogP contribution in [0.1, 0.15) is 0 Å². The highest BCUT2D eigenvalue weighted by Crippen LogP contribution is 2.48. The first kappa shape index (κ1) is 18.7. The molecule has 0 unspecified atom stereocenters. The van der Waals surface area contributed by atoms with Gasteiger partial charge in [0, 0.05) is 36.0 Å². The van der Waals surface area contributed by atoms with Gasteiger partial charge in [-0.25, -0.2) is 9.78 Å². The van der Waals surface area contributed by atoms with E-state index in [-0.39, 0.29) is 6.03 Å². The Bertz CT molecular complexity index is 1200. The second-order valence-electron chi connectivity index (χ2n) is 7.59. The molecule has 7 heteroatoms. The molecule has 31 heavy (non-hydrogen) atoms. The van der Waals surface area contributed by atoms with Crippen LogP contribution in [0.25, 0.3) is 10.2 Å². The number of hydrogen-bond acceptors (Lipinski definition) is 5. The van der Waals surface area contributed by atoms with Gasteiger partial charge in [0.05, 0.1) is 21.6 Å². The number of urea groups is 1. The van der Waals surface area contributed by atoms with Crippen LogP contribution < -0.4 is 9.80 Å². The molecule has 3 heterocycles. The Labute approximate surface area is 188 Å². The minimum Gasteiger partial charge on any atom is -0.345 e. The fraction of sp³-hybridized carbons (Fsp3) is 0.167. The fourth-order valence-electron chi connectivity index (χ4n) is 4.14. The summed E-state index contributed by atoms with van der Waals surface area (Å²) in [7, 11) is 0. The van der Waals surface area contributed by atoms with Crippen LogP contribution in [0.3, 0.4) is 0 Å². The third-order valence-corrected chi connectivity index (χ3v) is 7.95. The van der Waals surface area contributed by atoms with Crippen molar-refractivity contribution in [2.75, 3.05) is 36.0 Å². The number of hydrogen-bond donors (Lipinski definition) is 0. The van der Waals surface area contributed by atoms with Crippen molar-refractivity contribution in [3.63, 3.8) is 0 Å². The Hall–Kier alpha value is -3.03. The lowest BCUT2D eigenvalue weighted by molar-refractivity contribution is 0.203. The van der Waals surface area contributed by atoms with E-state index >= 15 is 0 Å². The Morgan fingerprint density at radius 1 is 0.774 bits per heavy atom. The van der Waals surface area contributed by atoms with Gasteiger partial charge in [0.1, 0.15) is 0 Å². The van der Waals surface area contributed by atoms with Crippen molar-refractivity contribution < 1.29 is 4.79 Å². The minimum atomic E-state index is 0.0455. The summed E-state index contributed by atoms with van der Waals surface area (Å²) in [5, 5.41) is 1.04. The molecule has 4 aromatic rings. The van der Waals surface area contributed by atoms with Gasteiger partial charge in [-0.3, -0.25) is 4.90 Å². The summed E-state index contributed by atoms with van der Waals surface area (Å²) >= 11 is 3.44. The molecule has 154 valence electrons. The molecular weight excluding hydrogens is 424 g/mol. The first-order valence-electron chi connectivity index (χ1n) is 10.3. The van der Waals surface area contributed by atoms with Crippen molar-refractivity contribution in [2.45, 2.75) is 9.79 Å². The maximum Gasteiger partial charge on any atom is 0.329 e. The Morgan fingerprint density at radius 2 is 1.39 bits per heavy atom. The van der Waals surface area contributed by atoms with E-state index in [2.05, 4.69) is 29.2 Å². The minimum absolute atomic E-state index is 0.0455. The summed E-state index contributed by atoms with van der Waals surface area (Å²) in [6.45, 7) is 2.94. The van der Waals surface area contributed by atoms with Crippen molar-refractivity contribution in [2.24, 2.45) is 0 Å². The number of rotatable bonds is 1. The van der Waals surface area contributed by atoms with Crippen LogP contribution in [0.15, 0.2) is 82.6 Å². The number of aromatic nitrogens is 1. The van der Waals surface area contributed by atoms with Crippen LogP contribution in [0.5, 0.6) is 0 Å². The largest absolute Gasteiger partial charge is 0.345 e. The van der Waals surface area contributed by atoms with E-state index in [1.54, 1.807) is 23.1 Å². The van der Waals surface area contributed by atoms with Crippen molar-refractivity contribution >= 4 is 55.9 Å². The van der Waals surface area contributed by atoms with E-state index < -0.39 is 0 Å². The number of nitrogens with zero attached hydrogens (tertiary/aromatic N) is 4.